The predicted molar refractivity (Wildman–Crippen MR) is 111 cm³/mol. The SMILES string of the molecule is CC(=O)c1cc2c(cc1NC(=O)CN1CCN(C(=O)C3CCCCC3)CC1)OCO2. The first kappa shape index (κ1) is 20.7. The lowest BCUT2D eigenvalue weighted by Gasteiger charge is -2.36. The van der Waals surface area contributed by atoms with Crippen molar-refractivity contribution < 1.29 is 23.9 Å². The topological polar surface area (TPSA) is 88.2 Å². The van der Waals surface area contributed by atoms with Crippen molar-refractivity contribution in [2.24, 2.45) is 5.92 Å². The van der Waals surface area contributed by atoms with Crippen molar-refractivity contribution in [1.82, 2.24) is 9.80 Å². The zero-order valence-corrected chi connectivity index (χ0v) is 17.4. The number of piperazine rings is 1. The third-order valence-corrected chi connectivity index (χ3v) is 6.17. The van der Waals surface area contributed by atoms with Gasteiger partial charge in [0.1, 0.15) is 0 Å². The summed E-state index contributed by atoms with van der Waals surface area (Å²) in [5, 5.41) is 2.84. The quantitative estimate of drug-likeness (QED) is 0.743. The number of ether oxygens (including phenoxy) is 2. The van der Waals surface area contributed by atoms with Gasteiger partial charge in [0.15, 0.2) is 17.3 Å². The fourth-order valence-corrected chi connectivity index (χ4v) is 4.46. The smallest absolute Gasteiger partial charge is 0.238 e. The Morgan fingerprint density at radius 2 is 1.67 bits per heavy atom. The molecular weight excluding hydrogens is 386 g/mol. The van der Waals surface area contributed by atoms with Gasteiger partial charge in [-0.05, 0) is 25.8 Å². The van der Waals surface area contributed by atoms with Crippen LogP contribution in [-0.2, 0) is 9.59 Å². The van der Waals surface area contributed by atoms with Gasteiger partial charge in [-0.1, -0.05) is 19.3 Å². The lowest BCUT2D eigenvalue weighted by atomic mass is 9.88. The zero-order valence-electron chi connectivity index (χ0n) is 17.4. The molecule has 1 aromatic rings. The molecule has 2 amide bonds. The van der Waals surface area contributed by atoms with Gasteiger partial charge >= 0.3 is 0 Å². The Labute approximate surface area is 176 Å². The Hall–Kier alpha value is -2.61. The second-order valence-corrected chi connectivity index (χ2v) is 8.29. The molecule has 0 unspecified atom stereocenters. The van der Waals surface area contributed by atoms with E-state index < -0.39 is 0 Å². The summed E-state index contributed by atoms with van der Waals surface area (Å²) in [5.41, 5.74) is 0.832. The number of hydrogen-bond donors (Lipinski definition) is 1. The molecule has 2 aliphatic heterocycles. The number of benzene rings is 1. The van der Waals surface area contributed by atoms with Crippen LogP contribution in [0.3, 0.4) is 0 Å². The summed E-state index contributed by atoms with van der Waals surface area (Å²) in [7, 11) is 0. The summed E-state index contributed by atoms with van der Waals surface area (Å²) in [6.45, 7) is 4.44. The molecular formula is C22H29N3O5. The molecule has 2 fully saturated rings. The monoisotopic (exact) mass is 415 g/mol. The van der Waals surface area contributed by atoms with Crippen LogP contribution in [0.25, 0.3) is 0 Å². The van der Waals surface area contributed by atoms with Gasteiger partial charge < -0.3 is 19.7 Å². The highest BCUT2D eigenvalue weighted by molar-refractivity contribution is 6.05. The first-order valence-corrected chi connectivity index (χ1v) is 10.8. The molecule has 4 rings (SSSR count). The van der Waals surface area contributed by atoms with Crippen molar-refractivity contribution in [3.8, 4) is 11.5 Å². The Morgan fingerprint density at radius 3 is 2.33 bits per heavy atom. The van der Waals surface area contributed by atoms with Gasteiger partial charge in [0.2, 0.25) is 18.6 Å². The van der Waals surface area contributed by atoms with Crippen molar-refractivity contribution in [3.05, 3.63) is 17.7 Å². The maximum atomic E-state index is 12.7. The number of ketones is 1. The molecule has 0 radical (unpaired) electrons. The number of fused-ring (bicyclic) bond motifs is 1. The fraction of sp³-hybridized carbons (Fsp3) is 0.591. The summed E-state index contributed by atoms with van der Waals surface area (Å²) in [6, 6.07) is 3.24. The van der Waals surface area contributed by atoms with Gasteiger partial charge in [0, 0.05) is 43.7 Å². The number of hydrogen-bond acceptors (Lipinski definition) is 6. The molecule has 1 aliphatic carbocycles. The largest absolute Gasteiger partial charge is 0.454 e. The van der Waals surface area contributed by atoms with E-state index in [0.29, 0.717) is 48.9 Å². The highest BCUT2D eigenvalue weighted by atomic mass is 16.7. The van der Waals surface area contributed by atoms with E-state index in [0.717, 1.165) is 25.7 Å². The van der Waals surface area contributed by atoms with Crippen LogP contribution in [0.5, 0.6) is 11.5 Å². The molecule has 0 atom stereocenters. The van der Waals surface area contributed by atoms with Crippen molar-refractivity contribution in [3.63, 3.8) is 0 Å². The summed E-state index contributed by atoms with van der Waals surface area (Å²) in [4.78, 5) is 41.3. The van der Waals surface area contributed by atoms with Crippen LogP contribution in [0.1, 0.15) is 49.4 Å². The summed E-state index contributed by atoms with van der Waals surface area (Å²) < 4.78 is 10.7. The van der Waals surface area contributed by atoms with E-state index >= 15 is 0 Å². The number of rotatable bonds is 5. The minimum absolute atomic E-state index is 0.105. The first-order valence-electron chi connectivity index (χ1n) is 10.8. The molecule has 1 N–H and O–H groups in total. The van der Waals surface area contributed by atoms with E-state index in [-0.39, 0.29) is 36.9 Å². The number of carbonyl (C=O) groups is 3. The second kappa shape index (κ2) is 9.04. The molecule has 2 heterocycles. The number of Topliss-reactive ketones (excluding diaryl/α,β-unsaturated/α-hetero) is 1. The predicted octanol–water partition coefficient (Wildman–Crippen LogP) is 2.28. The molecule has 3 aliphatic rings. The van der Waals surface area contributed by atoms with E-state index in [2.05, 4.69) is 5.32 Å². The minimum Gasteiger partial charge on any atom is -0.454 e. The molecule has 1 aromatic carbocycles. The standard InChI is InChI=1S/C22H29N3O5/c1-15(26)17-11-19-20(30-14-29-19)12-18(17)23-21(27)13-24-7-9-25(10-8-24)22(28)16-5-3-2-4-6-16/h11-12,16H,2-10,13-14H2,1H3,(H,23,27). The van der Waals surface area contributed by atoms with Crippen LogP contribution in [0.15, 0.2) is 12.1 Å². The van der Waals surface area contributed by atoms with Crippen LogP contribution in [0.4, 0.5) is 5.69 Å². The molecule has 8 heteroatoms. The maximum absolute atomic E-state index is 12.7. The van der Waals surface area contributed by atoms with Crippen LogP contribution in [0, 0.1) is 5.92 Å². The Kier molecular flexibility index (Phi) is 6.22. The molecule has 1 saturated heterocycles. The molecule has 0 bridgehead atoms. The Morgan fingerprint density at radius 1 is 1.00 bits per heavy atom. The van der Waals surface area contributed by atoms with Crippen LogP contribution in [-0.4, -0.2) is 66.9 Å². The van der Waals surface area contributed by atoms with E-state index in [1.807, 2.05) is 9.80 Å². The number of nitrogens with one attached hydrogen (secondary N) is 1. The van der Waals surface area contributed by atoms with Crippen molar-refractivity contribution >= 4 is 23.3 Å². The maximum Gasteiger partial charge on any atom is 0.238 e. The van der Waals surface area contributed by atoms with E-state index in [1.165, 1.54) is 13.3 Å². The zero-order chi connectivity index (χ0) is 21.1. The Bertz CT molecular complexity index is 826. The summed E-state index contributed by atoms with van der Waals surface area (Å²) in [5.74, 6) is 1.15. The van der Waals surface area contributed by atoms with Gasteiger partial charge in [0.25, 0.3) is 0 Å². The first-order chi connectivity index (χ1) is 14.5. The molecule has 1 saturated carbocycles. The lowest BCUT2D eigenvalue weighted by Crippen LogP contribution is -2.52. The lowest BCUT2D eigenvalue weighted by molar-refractivity contribution is -0.138. The summed E-state index contributed by atoms with van der Waals surface area (Å²) >= 11 is 0. The normalized spacial score (nSPS) is 19.6. The third kappa shape index (κ3) is 4.59. The van der Waals surface area contributed by atoms with Crippen LogP contribution < -0.4 is 14.8 Å². The minimum atomic E-state index is -0.191. The fourth-order valence-electron chi connectivity index (χ4n) is 4.46. The average Bonchev–Trinajstić information content (AvgIpc) is 3.21. The van der Waals surface area contributed by atoms with Gasteiger partial charge in [0.05, 0.1) is 12.2 Å². The van der Waals surface area contributed by atoms with Gasteiger partial charge in [-0.15, -0.1) is 0 Å². The van der Waals surface area contributed by atoms with Gasteiger partial charge in [-0.3, -0.25) is 19.3 Å². The third-order valence-electron chi connectivity index (χ3n) is 6.17. The van der Waals surface area contributed by atoms with Crippen LogP contribution in [0.2, 0.25) is 0 Å². The second-order valence-electron chi connectivity index (χ2n) is 8.29. The highest BCUT2D eigenvalue weighted by Crippen LogP contribution is 2.37. The van der Waals surface area contributed by atoms with Gasteiger partial charge in [-0.2, -0.15) is 0 Å². The number of amides is 2. The highest BCUT2D eigenvalue weighted by Gasteiger charge is 2.29. The van der Waals surface area contributed by atoms with E-state index in [9.17, 15) is 14.4 Å². The van der Waals surface area contributed by atoms with Crippen LogP contribution >= 0.6 is 0 Å². The average molecular weight is 415 g/mol. The molecule has 0 spiro atoms. The van der Waals surface area contributed by atoms with Gasteiger partial charge in [-0.25, -0.2) is 0 Å². The van der Waals surface area contributed by atoms with E-state index in [1.54, 1.807) is 12.1 Å². The molecule has 0 aromatic heterocycles. The van der Waals surface area contributed by atoms with Crippen molar-refractivity contribution in [2.75, 3.05) is 44.8 Å². The summed E-state index contributed by atoms with van der Waals surface area (Å²) in [6.07, 6.45) is 5.56. The Balaban J connectivity index is 1.30. The number of anilines is 1. The number of nitrogens with zero attached hydrogens (tertiary/aromatic N) is 2. The number of carbonyl (C=O) groups excluding carboxylic acids is 3. The van der Waals surface area contributed by atoms with E-state index in [4.69, 9.17) is 9.47 Å². The molecule has 8 nitrogen and oxygen atoms in total. The van der Waals surface area contributed by atoms with Crippen molar-refractivity contribution in [1.29, 1.82) is 0 Å². The molecule has 162 valence electrons. The van der Waals surface area contributed by atoms with Crippen molar-refractivity contribution in [2.45, 2.75) is 39.0 Å². The molecule has 30 heavy (non-hydrogen) atoms.